The van der Waals surface area contributed by atoms with Crippen molar-refractivity contribution in [3.63, 3.8) is 0 Å². The van der Waals surface area contributed by atoms with Crippen LogP contribution in [0.3, 0.4) is 0 Å². The summed E-state index contributed by atoms with van der Waals surface area (Å²) in [6.45, 7) is 2.09. The Hall–Kier alpha value is -5.72. The van der Waals surface area contributed by atoms with E-state index in [9.17, 15) is 30.6 Å². The number of phenolic OH excluding ortho intramolecular Hbond substituents is 3. The van der Waals surface area contributed by atoms with E-state index in [-0.39, 0.29) is 56.3 Å². The highest BCUT2D eigenvalue weighted by atomic mass is 16.5. The zero-order valence-electron chi connectivity index (χ0n) is 38.8. The average Bonchev–Trinajstić information content (AvgIpc) is 3.84. The number of phenols is 3. The van der Waals surface area contributed by atoms with Crippen molar-refractivity contribution in [3.05, 3.63) is 101 Å². The van der Waals surface area contributed by atoms with E-state index < -0.39 is 42.3 Å². The highest BCUT2D eigenvalue weighted by molar-refractivity contribution is 5.96. The number of ether oxygens (including phenoxy) is 6. The van der Waals surface area contributed by atoms with Gasteiger partial charge in [0.05, 0.1) is 37.8 Å². The van der Waals surface area contributed by atoms with Crippen molar-refractivity contribution in [1.29, 1.82) is 0 Å². The zero-order valence-corrected chi connectivity index (χ0v) is 38.8. The molecule has 0 amide bonds. The Labute approximate surface area is 397 Å². The lowest BCUT2D eigenvalue weighted by Crippen LogP contribution is -2.49. The predicted molar refractivity (Wildman–Crippen MR) is 257 cm³/mol. The molecule has 5 aromatic carbocycles. The van der Waals surface area contributed by atoms with E-state index in [1.807, 2.05) is 43.3 Å². The summed E-state index contributed by atoms with van der Waals surface area (Å²) in [5.74, 6) is 7.66. The van der Waals surface area contributed by atoms with Crippen LogP contribution in [-0.4, -0.2) is 95.3 Å². The summed E-state index contributed by atoms with van der Waals surface area (Å²) in [4.78, 5) is 0. The number of aliphatic hydroxyl groups is 3. The van der Waals surface area contributed by atoms with Gasteiger partial charge in [0, 0.05) is 78.5 Å². The van der Waals surface area contributed by atoms with Gasteiger partial charge in [-0.15, -0.1) is 0 Å². The minimum Gasteiger partial charge on any atom is -0.508 e. The minimum absolute atomic E-state index is 0.0221. The van der Waals surface area contributed by atoms with Crippen LogP contribution in [-0.2, 0) is 22.3 Å². The molecular weight excluding hydrogens is 867 g/mol. The van der Waals surface area contributed by atoms with Gasteiger partial charge in [0.25, 0.3) is 0 Å². The normalized spacial score (nSPS) is 23.5. The first-order valence-corrected chi connectivity index (χ1v) is 24.1. The number of nitrogens with one attached hydrogen (secondary N) is 1. The molecule has 9 rings (SSSR count). The number of benzene rings is 5. The fourth-order valence-electron chi connectivity index (χ4n) is 10.8. The molecule has 3 aliphatic heterocycles. The average molecular weight is 930 g/mol. The third-order valence-electron chi connectivity index (χ3n) is 14.2. The van der Waals surface area contributed by atoms with Gasteiger partial charge in [-0.25, -0.2) is 0 Å². The SMILES string of the molecule is CCc1cc(-c2cccc(O)c2)c(Cc2cc(OC3CCCC3)cc3c2OC[C@H]([C@@H]2[C@@H](CCCOC)Oc4c5cc(c6cc(O)ccc46)OCC#CC[C@H](NCO)[C@@H](CCO)O[C@@H]52)[C@@H]3O)cc1O. The summed E-state index contributed by atoms with van der Waals surface area (Å²) < 4.78 is 40.0. The maximum Gasteiger partial charge on any atom is 0.149 e. The fourth-order valence-corrected chi connectivity index (χ4v) is 10.8. The molecule has 13 nitrogen and oxygen atoms in total. The first-order valence-electron chi connectivity index (χ1n) is 24.1. The van der Waals surface area contributed by atoms with Crippen molar-refractivity contribution in [3.8, 4) is 63.2 Å². The molecular formula is C55H63NO12. The quantitative estimate of drug-likeness (QED) is 0.0303. The highest BCUT2D eigenvalue weighted by Crippen LogP contribution is 2.55. The van der Waals surface area contributed by atoms with E-state index in [0.717, 1.165) is 53.5 Å². The first kappa shape index (κ1) is 47.4. The molecule has 2 bridgehead atoms. The Morgan fingerprint density at radius 1 is 0.809 bits per heavy atom. The second-order valence-corrected chi connectivity index (χ2v) is 18.5. The molecule has 13 heteroatoms. The van der Waals surface area contributed by atoms with Crippen molar-refractivity contribution >= 4 is 10.8 Å². The molecule has 0 unspecified atom stereocenters. The number of aliphatic hydroxyl groups excluding tert-OH is 3. The van der Waals surface area contributed by atoms with E-state index in [0.29, 0.717) is 83.6 Å². The molecule has 0 aromatic heterocycles. The van der Waals surface area contributed by atoms with Crippen molar-refractivity contribution in [2.75, 3.05) is 40.3 Å². The Balaban J connectivity index is 1.19. The third-order valence-corrected chi connectivity index (χ3v) is 14.2. The van der Waals surface area contributed by atoms with Gasteiger partial charge < -0.3 is 59.1 Å². The van der Waals surface area contributed by atoms with Crippen LogP contribution in [0, 0.1) is 23.7 Å². The van der Waals surface area contributed by atoms with Gasteiger partial charge in [0.15, 0.2) is 0 Å². The van der Waals surface area contributed by atoms with Gasteiger partial charge in [0.1, 0.15) is 53.0 Å². The molecule has 5 aromatic rings. The smallest absolute Gasteiger partial charge is 0.149 e. The summed E-state index contributed by atoms with van der Waals surface area (Å²) in [5.41, 5.74) is 5.28. The maximum atomic E-state index is 13.1. The van der Waals surface area contributed by atoms with Gasteiger partial charge in [-0.1, -0.05) is 30.9 Å². The van der Waals surface area contributed by atoms with Crippen molar-refractivity contribution in [1.82, 2.24) is 5.32 Å². The number of aryl methyl sites for hydroxylation is 1. The first-order chi connectivity index (χ1) is 33.2. The fraction of sp³-hybridized carbons (Fsp3) is 0.455. The number of methoxy groups -OCH3 is 1. The number of fused-ring (bicyclic) bond motifs is 5. The second kappa shape index (κ2) is 21.3. The molecule has 7 N–H and O–H groups in total. The van der Waals surface area contributed by atoms with Gasteiger partial charge in [-0.2, -0.15) is 0 Å². The summed E-state index contributed by atoms with van der Waals surface area (Å²) in [6, 6.07) is 21.2. The number of aromatic hydroxyl groups is 3. The van der Waals surface area contributed by atoms with E-state index >= 15 is 0 Å². The van der Waals surface area contributed by atoms with Crippen LogP contribution in [0.2, 0.25) is 0 Å². The monoisotopic (exact) mass is 929 g/mol. The van der Waals surface area contributed by atoms with Crippen LogP contribution in [0.15, 0.2) is 72.8 Å². The van der Waals surface area contributed by atoms with Crippen LogP contribution in [0.25, 0.3) is 21.9 Å². The number of hydrogen-bond donors (Lipinski definition) is 7. The minimum atomic E-state index is -1.10. The maximum absolute atomic E-state index is 13.1. The summed E-state index contributed by atoms with van der Waals surface area (Å²) >= 11 is 0. The zero-order chi connectivity index (χ0) is 47.3. The molecule has 4 aliphatic rings. The van der Waals surface area contributed by atoms with Crippen molar-refractivity contribution in [2.45, 2.75) is 108 Å². The van der Waals surface area contributed by atoms with Gasteiger partial charge in [0.2, 0.25) is 0 Å². The molecule has 360 valence electrons. The van der Waals surface area contributed by atoms with Crippen LogP contribution >= 0.6 is 0 Å². The standard InChI is InChI=1S/C55H63NO12/c1-3-32-25-41(33-10-8-11-36(59)23-33)34(26-47(32)61)22-35-24-39(66-38-12-4-5-13-38)28-43-52(62)45(30-65-53(35)43)51-49(15-9-20-63-2)68-54-40-17-16-37(60)27-42(40)50-29-44(54)55(51)67-48(18-19-57)46(56-31-58)14-6-7-21-64-50/h8,10-11,16-17,23-29,38,45-46,48-49,51-52,55-62H,3-5,9,12-15,18-22,30-31H2,1-2H3/t45-,46+,48-,49-,51-,52-,55+/m1/s1. The molecule has 7 atom stereocenters. The van der Waals surface area contributed by atoms with Gasteiger partial charge in [-0.05, 0) is 134 Å². The van der Waals surface area contributed by atoms with Crippen LogP contribution < -0.4 is 24.3 Å². The van der Waals surface area contributed by atoms with Crippen LogP contribution in [0.1, 0.15) is 98.3 Å². The van der Waals surface area contributed by atoms with Gasteiger partial charge in [-0.3, -0.25) is 5.32 Å². The largest absolute Gasteiger partial charge is 0.508 e. The lowest BCUT2D eigenvalue weighted by molar-refractivity contribution is -0.142. The van der Waals surface area contributed by atoms with Crippen molar-refractivity contribution in [2.24, 2.45) is 11.8 Å². The summed E-state index contributed by atoms with van der Waals surface area (Å²) in [6.07, 6.45) is 3.63. The second-order valence-electron chi connectivity index (χ2n) is 18.5. The van der Waals surface area contributed by atoms with Crippen LogP contribution in [0.5, 0.6) is 40.2 Å². The third kappa shape index (κ3) is 9.90. The highest BCUT2D eigenvalue weighted by Gasteiger charge is 2.50. The molecule has 0 saturated heterocycles. The lowest BCUT2D eigenvalue weighted by atomic mass is 9.72. The predicted octanol–water partition coefficient (Wildman–Crippen LogP) is 8.15. The molecule has 1 aliphatic carbocycles. The Bertz CT molecular complexity index is 2630. The Morgan fingerprint density at radius 3 is 2.43 bits per heavy atom. The molecule has 1 fully saturated rings. The van der Waals surface area contributed by atoms with E-state index in [2.05, 4.69) is 17.2 Å². The van der Waals surface area contributed by atoms with E-state index in [1.165, 1.54) is 0 Å². The topological polar surface area (TPSA) is 189 Å². The Morgan fingerprint density at radius 2 is 1.65 bits per heavy atom. The van der Waals surface area contributed by atoms with E-state index in [4.69, 9.17) is 28.4 Å². The molecule has 1 saturated carbocycles. The van der Waals surface area contributed by atoms with Gasteiger partial charge >= 0.3 is 0 Å². The molecule has 68 heavy (non-hydrogen) atoms. The molecule has 0 spiro atoms. The van der Waals surface area contributed by atoms with Crippen LogP contribution in [0.4, 0.5) is 0 Å². The summed E-state index contributed by atoms with van der Waals surface area (Å²) in [5, 5.41) is 70.8. The number of rotatable bonds is 15. The van der Waals surface area contributed by atoms with Crippen molar-refractivity contribution < 1.29 is 59.1 Å². The lowest BCUT2D eigenvalue weighted by Gasteiger charge is -2.47. The van der Waals surface area contributed by atoms with E-state index in [1.54, 1.807) is 43.5 Å². The number of hydrogen-bond acceptors (Lipinski definition) is 13. The Kier molecular flexibility index (Phi) is 14.8. The molecule has 0 radical (unpaired) electrons. The summed E-state index contributed by atoms with van der Waals surface area (Å²) in [7, 11) is 1.66. The molecule has 3 heterocycles.